The molecule has 0 spiro atoms. The highest BCUT2D eigenvalue weighted by Crippen LogP contribution is 2.20. The highest BCUT2D eigenvalue weighted by Gasteiger charge is 2.22. The first-order chi connectivity index (χ1) is 10.2. The molecule has 3 heteroatoms. The van der Waals surface area contributed by atoms with Gasteiger partial charge in [-0.25, -0.2) is 0 Å². The monoisotopic (exact) mass is 290 g/mol. The van der Waals surface area contributed by atoms with Crippen LogP contribution in [0.2, 0.25) is 0 Å². The van der Waals surface area contributed by atoms with Gasteiger partial charge in [-0.05, 0) is 44.7 Å². The molecule has 1 aliphatic rings. The lowest BCUT2D eigenvalue weighted by atomic mass is 9.96. The fourth-order valence-electron chi connectivity index (χ4n) is 3.31. The summed E-state index contributed by atoms with van der Waals surface area (Å²) >= 11 is 0. The van der Waals surface area contributed by atoms with Crippen LogP contribution in [-0.4, -0.2) is 53.7 Å². The maximum atomic E-state index is 9.21. The van der Waals surface area contributed by atoms with Crippen LogP contribution in [-0.2, 0) is 6.54 Å². The summed E-state index contributed by atoms with van der Waals surface area (Å²) in [6.45, 7) is 10.1. The van der Waals surface area contributed by atoms with Crippen LogP contribution in [0.15, 0.2) is 30.3 Å². The molecule has 21 heavy (non-hydrogen) atoms. The smallest absolute Gasteiger partial charge is 0.0558 e. The lowest BCUT2D eigenvalue weighted by molar-refractivity contribution is 0.0991. The number of benzene rings is 1. The van der Waals surface area contributed by atoms with Crippen LogP contribution >= 0.6 is 0 Å². The predicted octanol–water partition coefficient (Wildman–Crippen LogP) is 2.60. The van der Waals surface area contributed by atoms with E-state index in [2.05, 4.69) is 54.0 Å². The summed E-state index contributed by atoms with van der Waals surface area (Å²) in [5.41, 5.74) is 1.41. The third kappa shape index (κ3) is 5.42. The Hall–Kier alpha value is -0.900. The van der Waals surface area contributed by atoms with Crippen molar-refractivity contribution < 1.29 is 5.11 Å². The zero-order valence-electron chi connectivity index (χ0n) is 13.5. The summed E-state index contributed by atoms with van der Waals surface area (Å²) in [7, 11) is 0. The number of nitrogens with zero attached hydrogens (tertiary/aromatic N) is 2. The second-order valence-electron chi connectivity index (χ2n) is 6.54. The third-order valence-electron chi connectivity index (χ3n) is 4.46. The van der Waals surface area contributed by atoms with Gasteiger partial charge in [-0.1, -0.05) is 30.3 Å². The molecule has 0 radical (unpaired) electrons. The van der Waals surface area contributed by atoms with E-state index >= 15 is 0 Å². The molecule has 0 amide bonds. The van der Waals surface area contributed by atoms with Gasteiger partial charge in [0.25, 0.3) is 0 Å². The van der Waals surface area contributed by atoms with Crippen molar-refractivity contribution in [3.63, 3.8) is 0 Å². The van der Waals surface area contributed by atoms with E-state index in [1.165, 1.54) is 31.5 Å². The van der Waals surface area contributed by atoms with E-state index in [1.807, 2.05) is 0 Å². The van der Waals surface area contributed by atoms with Crippen LogP contribution in [0, 0.1) is 5.92 Å². The number of aliphatic hydroxyl groups excluding tert-OH is 1. The summed E-state index contributed by atoms with van der Waals surface area (Å²) in [6, 6.07) is 11.3. The van der Waals surface area contributed by atoms with E-state index in [0.717, 1.165) is 25.6 Å². The molecule has 1 atom stereocenters. The zero-order chi connectivity index (χ0) is 15.1. The van der Waals surface area contributed by atoms with Gasteiger partial charge in [-0.15, -0.1) is 0 Å². The SMILES string of the molecule is CC(C)N(CCO)C[C@H]1CCCN(Cc2ccccc2)C1. The molecule has 2 rings (SSSR count). The Morgan fingerprint density at radius 2 is 2.05 bits per heavy atom. The van der Waals surface area contributed by atoms with E-state index in [4.69, 9.17) is 0 Å². The maximum Gasteiger partial charge on any atom is 0.0558 e. The van der Waals surface area contributed by atoms with Crippen LogP contribution in [0.1, 0.15) is 32.3 Å². The van der Waals surface area contributed by atoms with Crippen molar-refractivity contribution in [2.45, 2.75) is 39.3 Å². The third-order valence-corrected chi connectivity index (χ3v) is 4.46. The summed E-state index contributed by atoms with van der Waals surface area (Å²) in [5, 5.41) is 9.21. The zero-order valence-corrected chi connectivity index (χ0v) is 13.5. The van der Waals surface area contributed by atoms with Crippen molar-refractivity contribution in [2.75, 3.05) is 32.8 Å². The van der Waals surface area contributed by atoms with Crippen LogP contribution in [0.25, 0.3) is 0 Å². The molecular formula is C18H30N2O. The average molecular weight is 290 g/mol. The van der Waals surface area contributed by atoms with Crippen molar-refractivity contribution >= 4 is 0 Å². The molecule has 1 fully saturated rings. The molecule has 0 aromatic heterocycles. The van der Waals surface area contributed by atoms with E-state index in [9.17, 15) is 5.11 Å². The molecule has 0 unspecified atom stereocenters. The van der Waals surface area contributed by atoms with E-state index in [1.54, 1.807) is 0 Å². The number of aliphatic hydroxyl groups is 1. The van der Waals surface area contributed by atoms with E-state index in [-0.39, 0.29) is 6.61 Å². The molecule has 1 N–H and O–H groups in total. The minimum Gasteiger partial charge on any atom is -0.395 e. The number of hydrogen-bond donors (Lipinski definition) is 1. The molecule has 1 aromatic carbocycles. The first-order valence-corrected chi connectivity index (χ1v) is 8.30. The Morgan fingerprint density at radius 3 is 2.71 bits per heavy atom. The first-order valence-electron chi connectivity index (χ1n) is 8.30. The standard InChI is InChI=1S/C18H30N2O/c1-16(2)20(11-12-21)15-18-9-6-10-19(14-18)13-17-7-4-3-5-8-17/h3-5,7-8,16,18,21H,6,9-15H2,1-2H3/t18-/m0/s1. The fraction of sp³-hybridized carbons (Fsp3) is 0.667. The Labute approximate surface area is 129 Å². The van der Waals surface area contributed by atoms with Gasteiger partial charge in [0.05, 0.1) is 6.61 Å². The number of hydrogen-bond acceptors (Lipinski definition) is 3. The Bertz CT molecular complexity index is 393. The molecule has 0 bridgehead atoms. The molecule has 1 aromatic rings. The van der Waals surface area contributed by atoms with Gasteiger partial charge < -0.3 is 5.11 Å². The Balaban J connectivity index is 1.85. The van der Waals surface area contributed by atoms with Crippen molar-refractivity contribution in [3.8, 4) is 0 Å². The van der Waals surface area contributed by atoms with Crippen molar-refractivity contribution in [2.24, 2.45) is 5.92 Å². The summed E-state index contributed by atoms with van der Waals surface area (Å²) in [5.74, 6) is 0.733. The summed E-state index contributed by atoms with van der Waals surface area (Å²) in [6.07, 6.45) is 2.61. The molecular weight excluding hydrogens is 260 g/mol. The molecule has 1 heterocycles. The Morgan fingerprint density at radius 1 is 1.29 bits per heavy atom. The van der Waals surface area contributed by atoms with Gasteiger partial charge in [0, 0.05) is 32.2 Å². The molecule has 118 valence electrons. The molecule has 1 aliphatic heterocycles. The lowest BCUT2D eigenvalue weighted by Crippen LogP contribution is -2.43. The number of rotatable bonds is 7. The summed E-state index contributed by atoms with van der Waals surface area (Å²) < 4.78 is 0. The van der Waals surface area contributed by atoms with Gasteiger partial charge in [-0.2, -0.15) is 0 Å². The normalized spacial score (nSPS) is 20.3. The number of piperidine rings is 1. The van der Waals surface area contributed by atoms with Crippen molar-refractivity contribution in [3.05, 3.63) is 35.9 Å². The average Bonchev–Trinajstić information content (AvgIpc) is 2.48. The van der Waals surface area contributed by atoms with E-state index < -0.39 is 0 Å². The van der Waals surface area contributed by atoms with Gasteiger partial charge in [0.2, 0.25) is 0 Å². The van der Waals surface area contributed by atoms with Gasteiger partial charge in [-0.3, -0.25) is 9.80 Å². The van der Waals surface area contributed by atoms with Crippen LogP contribution in [0.4, 0.5) is 0 Å². The molecule has 0 aliphatic carbocycles. The molecule has 0 saturated carbocycles. The maximum absolute atomic E-state index is 9.21. The Kier molecular flexibility index (Phi) is 6.68. The van der Waals surface area contributed by atoms with Crippen molar-refractivity contribution in [1.29, 1.82) is 0 Å². The number of likely N-dealkylation sites (tertiary alicyclic amines) is 1. The van der Waals surface area contributed by atoms with Crippen LogP contribution < -0.4 is 0 Å². The highest BCUT2D eigenvalue weighted by molar-refractivity contribution is 5.14. The fourth-order valence-corrected chi connectivity index (χ4v) is 3.31. The van der Waals surface area contributed by atoms with E-state index in [0.29, 0.717) is 6.04 Å². The molecule has 3 nitrogen and oxygen atoms in total. The largest absolute Gasteiger partial charge is 0.395 e. The summed E-state index contributed by atoms with van der Waals surface area (Å²) in [4.78, 5) is 5.00. The predicted molar refractivity (Wildman–Crippen MR) is 88.2 cm³/mol. The van der Waals surface area contributed by atoms with Crippen LogP contribution in [0.3, 0.4) is 0 Å². The molecule has 1 saturated heterocycles. The van der Waals surface area contributed by atoms with Crippen LogP contribution in [0.5, 0.6) is 0 Å². The highest BCUT2D eigenvalue weighted by atomic mass is 16.3. The second-order valence-corrected chi connectivity index (χ2v) is 6.54. The van der Waals surface area contributed by atoms with Gasteiger partial charge in [0.15, 0.2) is 0 Å². The first kappa shape index (κ1) is 16.5. The minimum atomic E-state index is 0.263. The van der Waals surface area contributed by atoms with Gasteiger partial charge in [0.1, 0.15) is 0 Å². The quantitative estimate of drug-likeness (QED) is 0.836. The lowest BCUT2D eigenvalue weighted by Gasteiger charge is -2.37. The van der Waals surface area contributed by atoms with Crippen molar-refractivity contribution in [1.82, 2.24) is 9.80 Å². The second kappa shape index (κ2) is 8.52. The topological polar surface area (TPSA) is 26.7 Å². The minimum absolute atomic E-state index is 0.263. The van der Waals surface area contributed by atoms with Gasteiger partial charge >= 0.3 is 0 Å².